The average molecular weight is 261 g/mol. The van der Waals surface area contributed by atoms with Crippen LogP contribution < -0.4 is 5.32 Å². The van der Waals surface area contributed by atoms with Gasteiger partial charge in [0.2, 0.25) is 11.7 Å². The molecule has 0 aliphatic heterocycles. The molecule has 0 saturated carbocycles. The number of hydrogen-bond donors (Lipinski definition) is 1. The summed E-state index contributed by atoms with van der Waals surface area (Å²) >= 11 is 0. The minimum Gasteiger partial charge on any atom is -0.464 e. The quantitative estimate of drug-likeness (QED) is 0.655. The Balaban J connectivity index is 1.90. The molecule has 1 aromatic heterocycles. The molecule has 0 atom stereocenters. The summed E-state index contributed by atoms with van der Waals surface area (Å²) in [4.78, 5) is 14.7. The van der Waals surface area contributed by atoms with E-state index < -0.39 is 0 Å². The normalized spacial score (nSPS) is 10.2. The fourth-order valence-corrected chi connectivity index (χ4v) is 1.54. The minimum absolute atomic E-state index is 0.273. The zero-order valence-electron chi connectivity index (χ0n) is 10.8. The second-order valence-electron chi connectivity index (χ2n) is 3.98. The second kappa shape index (κ2) is 5.99. The van der Waals surface area contributed by atoms with Crippen molar-refractivity contribution in [2.24, 2.45) is 0 Å². The maximum atomic E-state index is 10.6. The van der Waals surface area contributed by atoms with Gasteiger partial charge >= 0.3 is 5.97 Å². The summed E-state index contributed by atoms with van der Waals surface area (Å²) in [5.41, 5.74) is 1.83. The van der Waals surface area contributed by atoms with E-state index in [4.69, 9.17) is 9.26 Å². The highest BCUT2D eigenvalue weighted by molar-refractivity contribution is 5.66. The minimum atomic E-state index is -0.273. The van der Waals surface area contributed by atoms with E-state index >= 15 is 0 Å². The van der Waals surface area contributed by atoms with Crippen LogP contribution in [0.3, 0.4) is 0 Å². The van der Waals surface area contributed by atoms with Crippen molar-refractivity contribution in [1.82, 2.24) is 10.1 Å². The highest BCUT2D eigenvalue weighted by Gasteiger charge is 2.04. The van der Waals surface area contributed by atoms with Gasteiger partial charge in [0.15, 0.2) is 0 Å². The third-order valence-electron chi connectivity index (χ3n) is 2.41. The standard InChI is InChI=1S/C13H15N3O3/c1-9-15-13(16-19-9)11-3-5-12(6-4-11)14-7-8-18-10(2)17/h3-6,14H,7-8H2,1-2H3. The van der Waals surface area contributed by atoms with Crippen LogP contribution in [-0.4, -0.2) is 29.3 Å². The zero-order chi connectivity index (χ0) is 13.7. The SMILES string of the molecule is CC(=O)OCCNc1ccc(-c2noc(C)n2)cc1. The number of anilines is 1. The Hall–Kier alpha value is -2.37. The molecule has 2 aromatic rings. The Morgan fingerprint density at radius 1 is 1.37 bits per heavy atom. The molecule has 19 heavy (non-hydrogen) atoms. The molecule has 0 unspecified atom stereocenters. The summed E-state index contributed by atoms with van der Waals surface area (Å²) in [7, 11) is 0. The van der Waals surface area contributed by atoms with E-state index in [-0.39, 0.29) is 5.97 Å². The first-order valence-corrected chi connectivity index (χ1v) is 5.93. The second-order valence-corrected chi connectivity index (χ2v) is 3.98. The summed E-state index contributed by atoms with van der Waals surface area (Å²) in [5.74, 6) is 0.840. The van der Waals surface area contributed by atoms with Crippen LogP contribution >= 0.6 is 0 Å². The number of rotatable bonds is 5. The Morgan fingerprint density at radius 2 is 2.11 bits per heavy atom. The number of carbonyl (C=O) groups is 1. The van der Waals surface area contributed by atoms with Crippen molar-refractivity contribution in [2.45, 2.75) is 13.8 Å². The number of aromatic nitrogens is 2. The molecule has 1 aromatic carbocycles. The Bertz CT molecular complexity index is 549. The molecule has 0 radical (unpaired) electrons. The lowest BCUT2D eigenvalue weighted by molar-refractivity contribution is -0.140. The molecule has 6 heteroatoms. The highest BCUT2D eigenvalue weighted by Crippen LogP contribution is 2.18. The number of hydrogen-bond acceptors (Lipinski definition) is 6. The third-order valence-corrected chi connectivity index (χ3v) is 2.41. The first-order chi connectivity index (χ1) is 9.15. The van der Waals surface area contributed by atoms with Crippen molar-refractivity contribution in [3.8, 4) is 11.4 Å². The van der Waals surface area contributed by atoms with Crippen molar-refractivity contribution < 1.29 is 14.1 Å². The largest absolute Gasteiger partial charge is 0.464 e. The van der Waals surface area contributed by atoms with Gasteiger partial charge in [-0.05, 0) is 24.3 Å². The molecule has 1 N–H and O–H groups in total. The molecule has 1 heterocycles. The number of nitrogens with one attached hydrogen (secondary N) is 1. The van der Waals surface area contributed by atoms with Crippen LogP contribution in [0.15, 0.2) is 28.8 Å². The fraction of sp³-hybridized carbons (Fsp3) is 0.308. The number of esters is 1. The van der Waals surface area contributed by atoms with Crippen molar-refractivity contribution in [3.05, 3.63) is 30.2 Å². The number of benzene rings is 1. The van der Waals surface area contributed by atoms with Crippen LogP contribution in [0, 0.1) is 6.92 Å². The zero-order valence-corrected chi connectivity index (χ0v) is 10.8. The molecule has 0 fully saturated rings. The molecule has 6 nitrogen and oxygen atoms in total. The summed E-state index contributed by atoms with van der Waals surface area (Å²) < 4.78 is 9.75. The fourth-order valence-electron chi connectivity index (χ4n) is 1.54. The first kappa shape index (κ1) is 13.1. The van der Waals surface area contributed by atoms with Gasteiger partial charge < -0.3 is 14.6 Å². The molecular weight excluding hydrogens is 246 g/mol. The first-order valence-electron chi connectivity index (χ1n) is 5.93. The van der Waals surface area contributed by atoms with Crippen LogP contribution in [0.1, 0.15) is 12.8 Å². The monoisotopic (exact) mass is 261 g/mol. The van der Waals surface area contributed by atoms with Crippen molar-refractivity contribution >= 4 is 11.7 Å². The molecule has 0 bridgehead atoms. The van der Waals surface area contributed by atoms with Crippen LogP contribution in [-0.2, 0) is 9.53 Å². The molecular formula is C13H15N3O3. The van der Waals surface area contributed by atoms with Gasteiger partial charge in [0.1, 0.15) is 6.61 Å². The summed E-state index contributed by atoms with van der Waals surface area (Å²) in [6.45, 7) is 4.06. The number of carbonyl (C=O) groups excluding carboxylic acids is 1. The van der Waals surface area contributed by atoms with Gasteiger partial charge in [-0.3, -0.25) is 4.79 Å². The predicted molar refractivity (Wildman–Crippen MR) is 69.6 cm³/mol. The van der Waals surface area contributed by atoms with Gasteiger partial charge in [-0.25, -0.2) is 0 Å². The van der Waals surface area contributed by atoms with Gasteiger partial charge in [0, 0.05) is 31.6 Å². The van der Waals surface area contributed by atoms with E-state index in [1.54, 1.807) is 6.92 Å². The lowest BCUT2D eigenvalue weighted by Gasteiger charge is -2.06. The molecule has 0 aliphatic carbocycles. The van der Waals surface area contributed by atoms with E-state index in [2.05, 4.69) is 15.5 Å². The van der Waals surface area contributed by atoms with E-state index in [1.165, 1.54) is 6.92 Å². The Morgan fingerprint density at radius 3 is 2.68 bits per heavy atom. The van der Waals surface area contributed by atoms with Crippen LogP contribution in [0.4, 0.5) is 5.69 Å². The van der Waals surface area contributed by atoms with Gasteiger partial charge in [-0.15, -0.1) is 0 Å². The lowest BCUT2D eigenvalue weighted by Crippen LogP contribution is -2.11. The summed E-state index contributed by atoms with van der Waals surface area (Å²) in [6, 6.07) is 7.63. The number of ether oxygens (including phenoxy) is 1. The maximum absolute atomic E-state index is 10.6. The molecule has 0 spiro atoms. The highest BCUT2D eigenvalue weighted by atomic mass is 16.5. The maximum Gasteiger partial charge on any atom is 0.302 e. The van der Waals surface area contributed by atoms with E-state index in [1.807, 2.05) is 24.3 Å². The van der Waals surface area contributed by atoms with Crippen molar-refractivity contribution in [2.75, 3.05) is 18.5 Å². The number of nitrogens with zero attached hydrogens (tertiary/aromatic N) is 2. The average Bonchev–Trinajstić information content (AvgIpc) is 2.82. The molecule has 100 valence electrons. The molecule has 2 rings (SSSR count). The molecule has 0 saturated heterocycles. The van der Waals surface area contributed by atoms with Crippen LogP contribution in [0.25, 0.3) is 11.4 Å². The summed E-state index contributed by atoms with van der Waals surface area (Å²) in [6.07, 6.45) is 0. The van der Waals surface area contributed by atoms with Gasteiger partial charge in [-0.1, -0.05) is 5.16 Å². The van der Waals surface area contributed by atoms with Gasteiger partial charge in [0.25, 0.3) is 0 Å². The predicted octanol–water partition coefficient (Wildman–Crippen LogP) is 2.02. The van der Waals surface area contributed by atoms with Gasteiger partial charge in [-0.2, -0.15) is 4.98 Å². The lowest BCUT2D eigenvalue weighted by atomic mass is 10.2. The van der Waals surface area contributed by atoms with Crippen LogP contribution in [0.5, 0.6) is 0 Å². The molecule has 0 aliphatic rings. The third kappa shape index (κ3) is 3.80. The molecule has 0 amide bonds. The summed E-state index contributed by atoms with van der Waals surface area (Å²) in [5, 5.41) is 6.99. The Labute approximate surface area is 110 Å². The van der Waals surface area contributed by atoms with E-state index in [0.717, 1.165) is 11.3 Å². The topological polar surface area (TPSA) is 77.2 Å². The van der Waals surface area contributed by atoms with Crippen LogP contribution in [0.2, 0.25) is 0 Å². The van der Waals surface area contributed by atoms with Crippen molar-refractivity contribution in [3.63, 3.8) is 0 Å². The smallest absolute Gasteiger partial charge is 0.302 e. The number of aryl methyl sites for hydroxylation is 1. The van der Waals surface area contributed by atoms with E-state index in [9.17, 15) is 4.79 Å². The Kier molecular flexibility index (Phi) is 4.12. The van der Waals surface area contributed by atoms with E-state index in [0.29, 0.717) is 24.9 Å². The van der Waals surface area contributed by atoms with Crippen molar-refractivity contribution in [1.29, 1.82) is 0 Å². The van der Waals surface area contributed by atoms with Gasteiger partial charge in [0.05, 0.1) is 0 Å².